The van der Waals surface area contributed by atoms with E-state index in [1.807, 2.05) is 0 Å². The molecule has 0 bridgehead atoms. The van der Waals surface area contributed by atoms with Gasteiger partial charge < -0.3 is 0 Å². The van der Waals surface area contributed by atoms with Crippen molar-refractivity contribution in [3.8, 4) is 0 Å². The first-order chi connectivity index (χ1) is 10.9. The van der Waals surface area contributed by atoms with Crippen molar-refractivity contribution in [1.29, 1.82) is 0 Å². The van der Waals surface area contributed by atoms with Crippen molar-refractivity contribution in [2.75, 3.05) is 0 Å². The second-order valence-electron chi connectivity index (χ2n) is 5.98. The molecule has 4 rings (SSSR count). The molecule has 0 aromatic heterocycles. The molecule has 0 spiro atoms. The van der Waals surface area contributed by atoms with Crippen molar-refractivity contribution < 1.29 is 0 Å². The third kappa shape index (κ3) is 2.29. The van der Waals surface area contributed by atoms with Gasteiger partial charge in [0.05, 0.1) is 0 Å². The van der Waals surface area contributed by atoms with Gasteiger partial charge in [-0.2, -0.15) is 0 Å². The fourth-order valence-corrected chi connectivity index (χ4v) is 5.59. The van der Waals surface area contributed by atoms with Crippen LogP contribution in [0.2, 0.25) is 5.32 Å². The molecule has 0 heterocycles. The third-order valence-corrected chi connectivity index (χ3v) is 6.93. The molecule has 110 valence electrons. The van der Waals surface area contributed by atoms with Crippen LogP contribution in [0, 0.1) is 0 Å². The molecule has 0 fully saturated rings. The monoisotopic (exact) mass is 352 g/mol. The van der Waals surface area contributed by atoms with E-state index in [1.54, 1.807) is 4.46 Å². The van der Waals surface area contributed by atoms with Crippen LogP contribution in [-0.4, -0.2) is 15.0 Å². The molecule has 22 heavy (non-hydrogen) atoms. The molecule has 0 nitrogen and oxygen atoms in total. The van der Waals surface area contributed by atoms with Crippen LogP contribution in [0.1, 0.15) is 26.2 Å². The van der Waals surface area contributed by atoms with Crippen LogP contribution in [-0.2, 0) is 0 Å². The van der Waals surface area contributed by atoms with Gasteiger partial charge in [0, 0.05) is 0 Å². The molecule has 0 atom stereocenters. The maximum atomic E-state index is 2.37. The Hall–Kier alpha value is -1.56. The Kier molecular flexibility index (Phi) is 3.78. The predicted octanol–water partition coefficient (Wildman–Crippen LogP) is 5.52. The molecule has 0 amide bonds. The average Bonchev–Trinajstić information content (AvgIpc) is 2.57. The summed E-state index contributed by atoms with van der Waals surface area (Å²) in [5.41, 5.74) is 0. The van der Waals surface area contributed by atoms with Crippen molar-refractivity contribution in [2.24, 2.45) is 0 Å². The third-order valence-electron chi connectivity index (χ3n) is 4.49. The summed E-state index contributed by atoms with van der Waals surface area (Å²) in [6.45, 7) is 2.28. The van der Waals surface area contributed by atoms with Crippen molar-refractivity contribution >= 4 is 51.7 Å². The van der Waals surface area contributed by atoms with Crippen molar-refractivity contribution in [2.45, 2.75) is 31.5 Å². The second-order valence-corrected chi connectivity index (χ2v) is 8.36. The van der Waals surface area contributed by atoms with E-state index in [9.17, 15) is 0 Å². The molecule has 0 unspecified atom stereocenters. The number of unbranched alkanes of at least 4 members (excludes halogenated alkanes) is 2. The molecular weight excluding hydrogens is 331 g/mol. The summed E-state index contributed by atoms with van der Waals surface area (Å²) in [5.74, 6) is 0. The standard InChI is InChI=1S/C21H20Se/c1-2-3-4-14-22-19-13-11-17-9-8-15-6-5-7-16-10-12-18(19)21(17)20(15)16/h5-13H,2-4,14H2,1H3. The molecule has 0 saturated carbocycles. The zero-order valence-electron chi connectivity index (χ0n) is 12.9. The van der Waals surface area contributed by atoms with E-state index in [4.69, 9.17) is 0 Å². The molecule has 4 aromatic carbocycles. The summed E-state index contributed by atoms with van der Waals surface area (Å²) in [6.07, 6.45) is 4.06. The van der Waals surface area contributed by atoms with E-state index in [2.05, 4.69) is 61.5 Å². The second kappa shape index (κ2) is 5.91. The van der Waals surface area contributed by atoms with E-state index >= 15 is 0 Å². The topological polar surface area (TPSA) is 0 Å². The first-order valence-corrected chi connectivity index (χ1v) is 10.2. The minimum absolute atomic E-state index is 0.595. The summed E-state index contributed by atoms with van der Waals surface area (Å²) < 4.78 is 1.58. The number of hydrogen-bond donors (Lipinski definition) is 0. The summed E-state index contributed by atoms with van der Waals surface area (Å²) >= 11 is 0.595. The van der Waals surface area contributed by atoms with Gasteiger partial charge in [0.1, 0.15) is 0 Å². The van der Waals surface area contributed by atoms with Gasteiger partial charge in [0.2, 0.25) is 0 Å². The summed E-state index contributed by atoms with van der Waals surface area (Å²) in [6, 6.07) is 20.5. The van der Waals surface area contributed by atoms with Crippen molar-refractivity contribution in [3.05, 3.63) is 54.6 Å². The number of hydrogen-bond acceptors (Lipinski definition) is 0. The molecule has 0 N–H and O–H groups in total. The van der Waals surface area contributed by atoms with Gasteiger partial charge in [0.15, 0.2) is 0 Å². The maximum absolute atomic E-state index is 2.37. The van der Waals surface area contributed by atoms with Crippen LogP contribution < -0.4 is 4.46 Å². The molecule has 0 aliphatic rings. The number of rotatable bonds is 5. The SMILES string of the molecule is CCCCC[Se]c1ccc2ccc3cccc4ccc1c2c34. The van der Waals surface area contributed by atoms with Gasteiger partial charge >= 0.3 is 138 Å². The van der Waals surface area contributed by atoms with Crippen LogP contribution in [0.3, 0.4) is 0 Å². The van der Waals surface area contributed by atoms with E-state index < -0.39 is 0 Å². The zero-order valence-corrected chi connectivity index (χ0v) is 14.6. The molecular formula is C21H20Se. The van der Waals surface area contributed by atoms with Gasteiger partial charge in [-0.05, 0) is 0 Å². The fourth-order valence-electron chi connectivity index (χ4n) is 3.37. The quantitative estimate of drug-likeness (QED) is 0.252. The Bertz CT molecular complexity index is 907. The molecule has 0 saturated heterocycles. The predicted molar refractivity (Wildman–Crippen MR) is 99.9 cm³/mol. The first-order valence-electron chi connectivity index (χ1n) is 8.18. The van der Waals surface area contributed by atoms with Crippen molar-refractivity contribution in [3.63, 3.8) is 0 Å². The molecule has 0 radical (unpaired) electrons. The van der Waals surface area contributed by atoms with Crippen LogP contribution in [0.5, 0.6) is 0 Å². The molecule has 1 heteroatoms. The van der Waals surface area contributed by atoms with Gasteiger partial charge in [-0.1, -0.05) is 0 Å². The Morgan fingerprint density at radius 1 is 0.727 bits per heavy atom. The Balaban J connectivity index is 1.89. The van der Waals surface area contributed by atoms with Gasteiger partial charge in [-0.15, -0.1) is 0 Å². The van der Waals surface area contributed by atoms with Crippen LogP contribution in [0.4, 0.5) is 0 Å². The normalized spacial score (nSPS) is 11.9. The Morgan fingerprint density at radius 2 is 1.41 bits per heavy atom. The van der Waals surface area contributed by atoms with Gasteiger partial charge in [-0.25, -0.2) is 0 Å². The molecule has 0 aliphatic carbocycles. The summed E-state index contributed by atoms with van der Waals surface area (Å²) in [4.78, 5) is 0. The van der Waals surface area contributed by atoms with E-state index in [0.29, 0.717) is 15.0 Å². The van der Waals surface area contributed by atoms with Crippen molar-refractivity contribution in [1.82, 2.24) is 0 Å². The molecule has 0 aliphatic heterocycles. The minimum atomic E-state index is 0.595. The van der Waals surface area contributed by atoms with E-state index in [-0.39, 0.29) is 0 Å². The van der Waals surface area contributed by atoms with Gasteiger partial charge in [0.25, 0.3) is 0 Å². The summed E-state index contributed by atoms with van der Waals surface area (Å²) in [5, 5.41) is 9.89. The van der Waals surface area contributed by atoms with Gasteiger partial charge in [-0.3, -0.25) is 0 Å². The van der Waals surface area contributed by atoms with Crippen LogP contribution >= 0.6 is 0 Å². The van der Waals surface area contributed by atoms with E-state index in [1.165, 1.54) is 56.9 Å². The fraction of sp³-hybridized carbons (Fsp3) is 0.238. The number of benzene rings is 4. The van der Waals surface area contributed by atoms with Crippen LogP contribution in [0.25, 0.3) is 32.3 Å². The van der Waals surface area contributed by atoms with Crippen LogP contribution in [0.15, 0.2) is 54.6 Å². The molecule has 4 aromatic rings. The Labute approximate surface area is 138 Å². The van der Waals surface area contributed by atoms with E-state index in [0.717, 1.165) is 0 Å². The summed E-state index contributed by atoms with van der Waals surface area (Å²) in [7, 11) is 0. The Morgan fingerprint density at radius 3 is 2.18 bits per heavy atom. The zero-order chi connectivity index (χ0) is 14.9. The average molecular weight is 351 g/mol. The first kappa shape index (κ1) is 14.1.